The van der Waals surface area contributed by atoms with Crippen LogP contribution in [0.15, 0.2) is 54.9 Å². The fourth-order valence-electron chi connectivity index (χ4n) is 4.28. The van der Waals surface area contributed by atoms with E-state index in [1.54, 1.807) is 23.4 Å². The molecule has 1 N–H and O–H groups in total. The van der Waals surface area contributed by atoms with Crippen molar-refractivity contribution in [3.05, 3.63) is 71.8 Å². The van der Waals surface area contributed by atoms with Gasteiger partial charge in [-0.05, 0) is 41.8 Å². The molecule has 1 aliphatic rings. The molecule has 172 valence electrons. The van der Waals surface area contributed by atoms with Crippen molar-refractivity contribution < 1.29 is 9.59 Å². The Morgan fingerprint density at radius 1 is 1.12 bits per heavy atom. The van der Waals surface area contributed by atoms with Crippen LogP contribution in [0.25, 0.3) is 11.1 Å². The Morgan fingerprint density at radius 3 is 2.52 bits per heavy atom. The number of likely N-dealkylation sites (N-methyl/N-ethyl adjacent to an activating group) is 1. The molecule has 3 heterocycles. The highest BCUT2D eigenvalue weighted by molar-refractivity contribution is 5.97. The van der Waals surface area contributed by atoms with Gasteiger partial charge in [0.05, 0.1) is 0 Å². The van der Waals surface area contributed by atoms with E-state index in [1.807, 2.05) is 48.2 Å². The standard InChI is InChI=1S/C26H31N5O2/c1-5-30-14-15-31(24(32)21-17-23(29-28-21)26(2,3)4)22(25(30)33)16-19-8-6-7-9-20(19)18-10-12-27-13-11-18/h6-13,17,22H,5,14-16H2,1-4H3,(H,28,29)/t22-/m0/s1. The number of carbonyl (C=O) groups excluding carboxylic acids is 2. The molecule has 0 spiro atoms. The summed E-state index contributed by atoms with van der Waals surface area (Å²) in [4.78, 5) is 34.6. The van der Waals surface area contributed by atoms with Gasteiger partial charge in [-0.2, -0.15) is 5.10 Å². The topological polar surface area (TPSA) is 82.2 Å². The van der Waals surface area contributed by atoms with E-state index in [-0.39, 0.29) is 17.2 Å². The van der Waals surface area contributed by atoms with Crippen LogP contribution in [0.1, 0.15) is 49.4 Å². The molecule has 4 rings (SSSR count). The molecular formula is C26H31N5O2. The Labute approximate surface area is 194 Å². The van der Waals surface area contributed by atoms with E-state index in [4.69, 9.17) is 0 Å². The quantitative estimate of drug-likeness (QED) is 0.649. The van der Waals surface area contributed by atoms with Crippen LogP contribution in [0.5, 0.6) is 0 Å². The highest BCUT2D eigenvalue weighted by atomic mass is 16.2. The van der Waals surface area contributed by atoms with Crippen LogP contribution in [0.2, 0.25) is 0 Å². The van der Waals surface area contributed by atoms with Crippen molar-refractivity contribution in [1.82, 2.24) is 25.0 Å². The first kappa shape index (κ1) is 22.7. The minimum absolute atomic E-state index is 0.0202. The van der Waals surface area contributed by atoms with Crippen LogP contribution in [-0.2, 0) is 16.6 Å². The summed E-state index contributed by atoms with van der Waals surface area (Å²) in [6.45, 7) is 9.81. The van der Waals surface area contributed by atoms with E-state index in [0.717, 1.165) is 22.4 Å². The molecule has 0 bridgehead atoms. The van der Waals surface area contributed by atoms with Crippen molar-refractivity contribution in [2.24, 2.45) is 0 Å². The van der Waals surface area contributed by atoms with Gasteiger partial charge in [0.2, 0.25) is 5.91 Å². The summed E-state index contributed by atoms with van der Waals surface area (Å²) in [5.74, 6) is -0.231. The molecule has 0 saturated carbocycles. The molecule has 7 nitrogen and oxygen atoms in total. The van der Waals surface area contributed by atoms with Gasteiger partial charge in [-0.15, -0.1) is 0 Å². The Balaban J connectivity index is 1.67. The summed E-state index contributed by atoms with van der Waals surface area (Å²) in [7, 11) is 0. The maximum Gasteiger partial charge on any atom is 0.275 e. The van der Waals surface area contributed by atoms with Crippen LogP contribution < -0.4 is 0 Å². The van der Waals surface area contributed by atoms with Gasteiger partial charge >= 0.3 is 0 Å². The number of amides is 2. The van der Waals surface area contributed by atoms with Crippen molar-refractivity contribution in [1.29, 1.82) is 0 Å². The predicted octanol–water partition coefficient (Wildman–Crippen LogP) is 3.68. The van der Waals surface area contributed by atoms with Gasteiger partial charge in [-0.1, -0.05) is 45.0 Å². The highest BCUT2D eigenvalue weighted by Crippen LogP contribution is 2.27. The minimum atomic E-state index is -0.580. The molecule has 1 aromatic carbocycles. The second-order valence-electron chi connectivity index (χ2n) is 9.45. The molecule has 0 unspecified atom stereocenters. The number of pyridine rings is 1. The second-order valence-corrected chi connectivity index (χ2v) is 9.45. The van der Waals surface area contributed by atoms with Crippen molar-refractivity contribution in [2.75, 3.05) is 19.6 Å². The predicted molar refractivity (Wildman–Crippen MR) is 128 cm³/mol. The van der Waals surface area contributed by atoms with E-state index < -0.39 is 6.04 Å². The number of aromatic amines is 1. The van der Waals surface area contributed by atoms with Gasteiger partial charge in [-0.25, -0.2) is 0 Å². The number of benzene rings is 1. The Bertz CT molecular complexity index is 1130. The number of aromatic nitrogens is 3. The molecule has 3 aromatic rings. The van der Waals surface area contributed by atoms with Crippen LogP contribution in [0.4, 0.5) is 0 Å². The van der Waals surface area contributed by atoms with Gasteiger partial charge in [0.1, 0.15) is 11.7 Å². The summed E-state index contributed by atoms with van der Waals surface area (Å²) in [6, 6.07) is 13.2. The van der Waals surface area contributed by atoms with Crippen LogP contribution in [-0.4, -0.2) is 62.5 Å². The number of nitrogens with zero attached hydrogens (tertiary/aromatic N) is 4. The first-order valence-electron chi connectivity index (χ1n) is 11.4. The average molecular weight is 446 g/mol. The van der Waals surface area contributed by atoms with Crippen molar-refractivity contribution >= 4 is 11.8 Å². The normalized spacial score (nSPS) is 16.8. The van der Waals surface area contributed by atoms with E-state index >= 15 is 0 Å². The van der Waals surface area contributed by atoms with Crippen molar-refractivity contribution in [3.8, 4) is 11.1 Å². The summed E-state index contributed by atoms with van der Waals surface area (Å²) in [5, 5.41) is 7.27. The van der Waals surface area contributed by atoms with Crippen LogP contribution >= 0.6 is 0 Å². The lowest BCUT2D eigenvalue weighted by Crippen LogP contribution is -2.59. The van der Waals surface area contributed by atoms with E-state index in [0.29, 0.717) is 31.7 Å². The smallest absolute Gasteiger partial charge is 0.275 e. The molecule has 1 fully saturated rings. The molecule has 1 saturated heterocycles. The van der Waals surface area contributed by atoms with E-state index in [1.165, 1.54) is 0 Å². The lowest BCUT2D eigenvalue weighted by Gasteiger charge is -2.40. The molecule has 0 aliphatic carbocycles. The number of hydrogen-bond donors (Lipinski definition) is 1. The van der Waals surface area contributed by atoms with Gasteiger partial charge in [0, 0.05) is 49.6 Å². The van der Waals surface area contributed by atoms with Gasteiger partial charge < -0.3 is 9.80 Å². The van der Waals surface area contributed by atoms with Crippen LogP contribution in [0.3, 0.4) is 0 Å². The van der Waals surface area contributed by atoms with E-state index in [2.05, 4.69) is 36.0 Å². The zero-order valence-corrected chi connectivity index (χ0v) is 19.7. The third kappa shape index (κ3) is 4.67. The van der Waals surface area contributed by atoms with Gasteiger partial charge in [-0.3, -0.25) is 19.7 Å². The molecule has 0 radical (unpaired) electrons. The molecule has 1 atom stereocenters. The monoisotopic (exact) mass is 445 g/mol. The zero-order valence-electron chi connectivity index (χ0n) is 19.7. The first-order chi connectivity index (χ1) is 15.8. The number of nitrogens with one attached hydrogen (secondary N) is 1. The molecule has 33 heavy (non-hydrogen) atoms. The Kier molecular flexibility index (Phi) is 6.31. The fourth-order valence-corrected chi connectivity index (χ4v) is 4.28. The molecule has 7 heteroatoms. The summed E-state index contributed by atoms with van der Waals surface area (Å²) in [5.41, 5.74) is 4.20. The Hall–Kier alpha value is -3.48. The van der Waals surface area contributed by atoms with Crippen molar-refractivity contribution in [3.63, 3.8) is 0 Å². The maximum atomic E-state index is 13.5. The number of piperazine rings is 1. The van der Waals surface area contributed by atoms with Gasteiger partial charge in [0.25, 0.3) is 5.91 Å². The third-order valence-electron chi connectivity index (χ3n) is 6.25. The number of hydrogen-bond acceptors (Lipinski definition) is 4. The lowest BCUT2D eigenvalue weighted by molar-refractivity contribution is -0.139. The minimum Gasteiger partial charge on any atom is -0.339 e. The zero-order chi connectivity index (χ0) is 23.6. The molecular weight excluding hydrogens is 414 g/mol. The number of rotatable bonds is 5. The maximum absolute atomic E-state index is 13.5. The van der Waals surface area contributed by atoms with Gasteiger partial charge in [0.15, 0.2) is 0 Å². The molecule has 1 aliphatic heterocycles. The number of carbonyl (C=O) groups is 2. The Morgan fingerprint density at radius 2 is 1.85 bits per heavy atom. The average Bonchev–Trinajstić information content (AvgIpc) is 3.32. The largest absolute Gasteiger partial charge is 0.339 e. The molecule has 2 amide bonds. The van der Waals surface area contributed by atoms with E-state index in [9.17, 15) is 9.59 Å². The summed E-state index contributed by atoms with van der Waals surface area (Å²) >= 11 is 0. The lowest BCUT2D eigenvalue weighted by atomic mass is 9.92. The fraction of sp³-hybridized carbons (Fsp3) is 0.385. The number of H-pyrrole nitrogens is 1. The third-order valence-corrected chi connectivity index (χ3v) is 6.25. The molecule has 2 aromatic heterocycles. The highest BCUT2D eigenvalue weighted by Gasteiger charge is 2.38. The van der Waals surface area contributed by atoms with Crippen LogP contribution in [0, 0.1) is 0 Å². The summed E-state index contributed by atoms with van der Waals surface area (Å²) in [6.07, 6.45) is 3.96. The second kappa shape index (κ2) is 9.17. The van der Waals surface area contributed by atoms with Crippen molar-refractivity contribution in [2.45, 2.75) is 45.6 Å². The SMILES string of the molecule is CCN1CCN(C(=O)c2cc(C(C)(C)C)[nH]n2)[C@@H](Cc2ccccc2-c2ccncc2)C1=O. The summed E-state index contributed by atoms with van der Waals surface area (Å²) < 4.78 is 0. The first-order valence-corrected chi connectivity index (χ1v) is 11.4.